The van der Waals surface area contributed by atoms with E-state index in [9.17, 15) is 9.59 Å². The van der Waals surface area contributed by atoms with Gasteiger partial charge in [0.05, 0.1) is 21.8 Å². The largest absolute Gasteiger partial charge is 0.486 e. The number of rotatable bonds is 7. The van der Waals surface area contributed by atoms with Crippen LogP contribution >= 0.6 is 22.9 Å². The van der Waals surface area contributed by atoms with Crippen molar-refractivity contribution in [3.05, 3.63) is 53.0 Å². The van der Waals surface area contributed by atoms with Crippen molar-refractivity contribution in [1.29, 1.82) is 0 Å². The van der Waals surface area contributed by atoms with Crippen molar-refractivity contribution in [3.8, 4) is 5.75 Å². The van der Waals surface area contributed by atoms with E-state index < -0.39 is 12.2 Å². The molecule has 1 aromatic heterocycles. The third-order valence-electron chi connectivity index (χ3n) is 4.19. The SMILES string of the molecule is CC(=O)OC(CCl)N(C(C)=O)c1ccc(OCc2nc3ccccc3s2)cc1C. The number of esters is 1. The first-order valence-corrected chi connectivity index (χ1v) is 10.3. The lowest BCUT2D eigenvalue weighted by atomic mass is 10.1. The van der Waals surface area contributed by atoms with Crippen LogP contribution in [-0.4, -0.2) is 29.0 Å². The van der Waals surface area contributed by atoms with Crippen LogP contribution in [0.3, 0.4) is 0 Å². The molecule has 0 radical (unpaired) electrons. The van der Waals surface area contributed by atoms with Gasteiger partial charge in [-0.3, -0.25) is 14.5 Å². The molecule has 1 heterocycles. The van der Waals surface area contributed by atoms with Gasteiger partial charge in [-0.25, -0.2) is 4.98 Å². The molecule has 0 fully saturated rings. The van der Waals surface area contributed by atoms with Crippen LogP contribution in [0.25, 0.3) is 10.2 Å². The lowest BCUT2D eigenvalue weighted by Crippen LogP contribution is -2.43. The van der Waals surface area contributed by atoms with E-state index in [1.807, 2.05) is 37.3 Å². The molecular formula is C21H21ClN2O4S. The summed E-state index contributed by atoms with van der Waals surface area (Å²) >= 11 is 7.53. The maximum Gasteiger partial charge on any atom is 0.304 e. The molecule has 1 amide bonds. The van der Waals surface area contributed by atoms with Crippen molar-refractivity contribution in [2.45, 2.75) is 33.6 Å². The van der Waals surface area contributed by atoms with Gasteiger partial charge in [0.25, 0.3) is 0 Å². The summed E-state index contributed by atoms with van der Waals surface area (Å²) in [5, 5.41) is 0.885. The van der Waals surface area contributed by atoms with Gasteiger partial charge in [0.2, 0.25) is 5.91 Å². The number of hydrogen-bond acceptors (Lipinski definition) is 6. The van der Waals surface area contributed by atoms with Gasteiger partial charge >= 0.3 is 5.97 Å². The predicted molar refractivity (Wildman–Crippen MR) is 115 cm³/mol. The molecule has 0 N–H and O–H groups in total. The van der Waals surface area contributed by atoms with E-state index in [2.05, 4.69) is 4.98 Å². The quantitative estimate of drug-likeness (QED) is 0.308. The van der Waals surface area contributed by atoms with Crippen LogP contribution < -0.4 is 9.64 Å². The van der Waals surface area contributed by atoms with Crippen molar-refractivity contribution < 1.29 is 19.1 Å². The number of aromatic nitrogens is 1. The first kappa shape index (κ1) is 21.1. The number of aryl methyl sites for hydroxylation is 1. The molecule has 0 aliphatic carbocycles. The summed E-state index contributed by atoms with van der Waals surface area (Å²) in [6.45, 7) is 4.89. The minimum Gasteiger partial charge on any atom is -0.486 e. The van der Waals surface area contributed by atoms with Crippen LogP contribution in [0.2, 0.25) is 0 Å². The van der Waals surface area contributed by atoms with Crippen LogP contribution in [0.5, 0.6) is 5.75 Å². The number of carbonyl (C=O) groups excluding carboxylic acids is 2. The molecule has 152 valence electrons. The second-order valence-electron chi connectivity index (χ2n) is 6.42. The summed E-state index contributed by atoms with van der Waals surface area (Å²) in [4.78, 5) is 29.5. The summed E-state index contributed by atoms with van der Waals surface area (Å²) in [5.41, 5.74) is 2.36. The molecule has 3 rings (SSSR count). The Morgan fingerprint density at radius 1 is 1.21 bits per heavy atom. The number of thiazole rings is 1. The third kappa shape index (κ3) is 5.05. The molecule has 3 aromatic rings. The van der Waals surface area contributed by atoms with Crippen LogP contribution in [0.4, 0.5) is 5.69 Å². The summed E-state index contributed by atoms with van der Waals surface area (Å²) < 4.78 is 12.2. The molecule has 1 atom stereocenters. The average Bonchev–Trinajstić information content (AvgIpc) is 3.09. The highest BCUT2D eigenvalue weighted by Crippen LogP contribution is 2.29. The van der Waals surface area contributed by atoms with Crippen molar-refractivity contribution in [2.24, 2.45) is 0 Å². The van der Waals surface area contributed by atoms with Gasteiger partial charge in [0.15, 0.2) is 6.23 Å². The number of carbonyl (C=O) groups is 2. The first-order chi connectivity index (χ1) is 13.9. The zero-order valence-corrected chi connectivity index (χ0v) is 17.9. The van der Waals surface area contributed by atoms with Crippen LogP contribution in [0.15, 0.2) is 42.5 Å². The number of para-hydroxylation sites is 1. The lowest BCUT2D eigenvalue weighted by molar-refractivity contribution is -0.146. The molecule has 6 nitrogen and oxygen atoms in total. The molecule has 0 saturated carbocycles. The summed E-state index contributed by atoms with van der Waals surface area (Å²) in [5.74, 6) is -0.156. The number of hydrogen-bond donors (Lipinski definition) is 0. The fourth-order valence-corrected chi connectivity index (χ4v) is 4.07. The first-order valence-electron chi connectivity index (χ1n) is 9.00. The number of halogens is 1. The number of fused-ring (bicyclic) bond motifs is 1. The van der Waals surface area contributed by atoms with Crippen molar-refractivity contribution in [3.63, 3.8) is 0 Å². The highest BCUT2D eigenvalue weighted by molar-refractivity contribution is 7.18. The van der Waals surface area contributed by atoms with Gasteiger partial charge in [0, 0.05) is 13.8 Å². The summed E-state index contributed by atoms with van der Waals surface area (Å²) in [7, 11) is 0. The molecule has 0 aliphatic heterocycles. The van der Waals surface area contributed by atoms with Crippen molar-refractivity contribution in [2.75, 3.05) is 10.8 Å². The standard InChI is InChI=1S/C21H21ClN2O4S/c1-13-10-16(27-12-20-23-17-6-4-5-7-19(17)29-20)8-9-18(13)24(14(2)25)21(11-22)28-15(3)26/h4-10,21H,11-12H2,1-3H3. The summed E-state index contributed by atoms with van der Waals surface area (Å²) in [6, 6.07) is 13.3. The average molecular weight is 433 g/mol. The van der Waals surface area contributed by atoms with Gasteiger partial charge in [-0.2, -0.15) is 0 Å². The number of ether oxygens (including phenoxy) is 2. The minimum absolute atomic E-state index is 0.0333. The number of anilines is 1. The maximum absolute atomic E-state index is 12.2. The highest BCUT2D eigenvalue weighted by Gasteiger charge is 2.26. The lowest BCUT2D eigenvalue weighted by Gasteiger charge is -2.30. The van der Waals surface area contributed by atoms with Crippen LogP contribution in [-0.2, 0) is 20.9 Å². The highest BCUT2D eigenvalue weighted by atomic mass is 35.5. The van der Waals surface area contributed by atoms with Gasteiger partial charge < -0.3 is 9.47 Å². The molecule has 29 heavy (non-hydrogen) atoms. The van der Waals surface area contributed by atoms with Gasteiger partial charge in [-0.05, 0) is 42.8 Å². The minimum atomic E-state index is -0.875. The van der Waals surface area contributed by atoms with Crippen LogP contribution in [0, 0.1) is 6.92 Å². The number of nitrogens with zero attached hydrogens (tertiary/aromatic N) is 2. The Balaban J connectivity index is 1.77. The van der Waals surface area contributed by atoms with Crippen LogP contribution in [0.1, 0.15) is 24.4 Å². The molecule has 0 spiro atoms. The van der Waals surface area contributed by atoms with E-state index in [0.29, 0.717) is 18.0 Å². The molecule has 0 aliphatic rings. The molecule has 0 saturated heterocycles. The maximum atomic E-state index is 12.2. The molecule has 1 unspecified atom stereocenters. The Morgan fingerprint density at radius 3 is 2.59 bits per heavy atom. The van der Waals surface area contributed by atoms with Crippen molar-refractivity contribution in [1.82, 2.24) is 4.98 Å². The second-order valence-corrected chi connectivity index (χ2v) is 7.84. The molecular weight excluding hydrogens is 412 g/mol. The molecule has 0 bridgehead atoms. The Morgan fingerprint density at radius 2 is 1.97 bits per heavy atom. The Hall–Kier alpha value is -2.64. The monoisotopic (exact) mass is 432 g/mol. The predicted octanol–water partition coefficient (Wildman–Crippen LogP) is 4.66. The van der Waals surface area contributed by atoms with Gasteiger partial charge in [0.1, 0.15) is 17.4 Å². The zero-order chi connectivity index (χ0) is 21.0. The van der Waals surface area contributed by atoms with E-state index in [4.69, 9.17) is 21.1 Å². The number of amides is 1. The Bertz CT molecular complexity index is 1000. The van der Waals surface area contributed by atoms with E-state index in [1.54, 1.807) is 23.5 Å². The number of benzene rings is 2. The Kier molecular flexibility index (Phi) is 6.71. The van der Waals surface area contributed by atoms with E-state index >= 15 is 0 Å². The number of alkyl halides is 1. The zero-order valence-electron chi connectivity index (χ0n) is 16.3. The van der Waals surface area contributed by atoms with E-state index in [-0.39, 0.29) is 11.8 Å². The Labute approximate surface area is 178 Å². The molecule has 2 aromatic carbocycles. The fraction of sp³-hybridized carbons (Fsp3) is 0.286. The van der Waals surface area contributed by atoms with Gasteiger partial charge in [-0.15, -0.1) is 22.9 Å². The van der Waals surface area contributed by atoms with Crippen molar-refractivity contribution >= 4 is 50.7 Å². The second kappa shape index (κ2) is 9.24. The van der Waals surface area contributed by atoms with E-state index in [1.165, 1.54) is 18.7 Å². The van der Waals surface area contributed by atoms with E-state index in [0.717, 1.165) is 20.8 Å². The normalized spacial score (nSPS) is 11.9. The molecule has 8 heteroatoms. The topological polar surface area (TPSA) is 68.7 Å². The third-order valence-corrected chi connectivity index (χ3v) is 5.46. The van der Waals surface area contributed by atoms with Gasteiger partial charge in [-0.1, -0.05) is 12.1 Å². The smallest absolute Gasteiger partial charge is 0.304 e. The fourth-order valence-electron chi connectivity index (χ4n) is 2.99. The summed E-state index contributed by atoms with van der Waals surface area (Å²) in [6.07, 6.45) is -0.875.